The molecular formula is C15H16O4. The van der Waals surface area contributed by atoms with Crippen LogP contribution in [0.1, 0.15) is 11.1 Å². The van der Waals surface area contributed by atoms with Crippen molar-refractivity contribution in [2.45, 2.75) is 6.92 Å². The van der Waals surface area contributed by atoms with E-state index in [4.69, 9.17) is 4.74 Å². The number of methoxy groups -OCH3 is 2. The van der Waals surface area contributed by atoms with Gasteiger partial charge in [-0.15, -0.1) is 0 Å². The molecule has 0 radical (unpaired) electrons. The third kappa shape index (κ3) is 4.43. The van der Waals surface area contributed by atoms with Gasteiger partial charge in [0.15, 0.2) is 0 Å². The molecule has 0 heterocycles. The number of carbonyl (C=O) groups excluding carboxylic acids is 2. The standard InChI is InChI=1S/C15H16O4/c1-11-7-9-12(10-8-11)13(15(17)19-3)5-4-6-14(16)18-2/h4-10H,1-3H3/b6-4-,13-5-. The zero-order valence-corrected chi connectivity index (χ0v) is 11.2. The summed E-state index contributed by atoms with van der Waals surface area (Å²) in [5.74, 6) is -0.942. The van der Waals surface area contributed by atoms with Gasteiger partial charge in [0.05, 0.1) is 19.8 Å². The highest BCUT2D eigenvalue weighted by Crippen LogP contribution is 2.16. The zero-order chi connectivity index (χ0) is 14.3. The SMILES string of the molecule is COC(=O)/C=C\C=C(/C(=O)OC)c1ccc(C)cc1. The Labute approximate surface area is 112 Å². The summed E-state index contributed by atoms with van der Waals surface area (Å²) < 4.78 is 9.19. The van der Waals surface area contributed by atoms with Crippen molar-refractivity contribution in [2.24, 2.45) is 0 Å². The van der Waals surface area contributed by atoms with E-state index in [-0.39, 0.29) is 0 Å². The lowest BCUT2D eigenvalue weighted by Crippen LogP contribution is -2.03. The molecule has 19 heavy (non-hydrogen) atoms. The quantitative estimate of drug-likeness (QED) is 0.473. The van der Waals surface area contributed by atoms with E-state index in [0.717, 1.165) is 11.1 Å². The molecule has 0 N–H and O–H groups in total. The van der Waals surface area contributed by atoms with E-state index in [0.29, 0.717) is 5.57 Å². The summed E-state index contributed by atoms with van der Waals surface area (Å²) in [7, 11) is 2.60. The van der Waals surface area contributed by atoms with Gasteiger partial charge in [-0.2, -0.15) is 0 Å². The molecule has 0 saturated carbocycles. The van der Waals surface area contributed by atoms with Crippen molar-refractivity contribution in [3.8, 4) is 0 Å². The average molecular weight is 260 g/mol. The van der Waals surface area contributed by atoms with Gasteiger partial charge in [-0.05, 0) is 18.6 Å². The summed E-state index contributed by atoms with van der Waals surface area (Å²) >= 11 is 0. The maximum atomic E-state index is 11.7. The first-order chi connectivity index (χ1) is 9.08. The van der Waals surface area contributed by atoms with Gasteiger partial charge in [-0.1, -0.05) is 35.9 Å². The predicted molar refractivity (Wildman–Crippen MR) is 72.3 cm³/mol. The minimum atomic E-state index is -0.482. The summed E-state index contributed by atoms with van der Waals surface area (Å²) in [4.78, 5) is 22.7. The number of esters is 2. The number of rotatable bonds is 4. The third-order valence-electron chi connectivity index (χ3n) is 2.46. The van der Waals surface area contributed by atoms with Crippen LogP contribution in [0.3, 0.4) is 0 Å². The molecule has 4 heteroatoms. The first-order valence-electron chi connectivity index (χ1n) is 5.70. The second-order valence-corrected chi connectivity index (χ2v) is 3.82. The molecule has 0 aliphatic heterocycles. The molecule has 4 nitrogen and oxygen atoms in total. The Bertz CT molecular complexity index is 509. The Hall–Kier alpha value is -2.36. The number of hydrogen-bond acceptors (Lipinski definition) is 4. The highest BCUT2D eigenvalue weighted by molar-refractivity contribution is 6.16. The molecule has 0 saturated heterocycles. The minimum Gasteiger partial charge on any atom is -0.466 e. The minimum absolute atomic E-state index is 0.377. The molecule has 1 rings (SSSR count). The summed E-state index contributed by atoms with van der Waals surface area (Å²) in [5.41, 5.74) is 2.20. The lowest BCUT2D eigenvalue weighted by molar-refractivity contribution is -0.135. The van der Waals surface area contributed by atoms with E-state index >= 15 is 0 Å². The molecule has 0 amide bonds. The molecule has 0 aromatic heterocycles. The number of carbonyl (C=O) groups is 2. The molecule has 0 unspecified atom stereocenters. The fourth-order valence-corrected chi connectivity index (χ4v) is 1.42. The first kappa shape index (κ1) is 14.7. The van der Waals surface area contributed by atoms with Gasteiger partial charge in [0.25, 0.3) is 0 Å². The van der Waals surface area contributed by atoms with Crippen LogP contribution in [-0.2, 0) is 19.1 Å². The lowest BCUT2D eigenvalue weighted by Gasteiger charge is -2.05. The van der Waals surface area contributed by atoms with Crippen molar-refractivity contribution in [1.82, 2.24) is 0 Å². The Kier molecular flexibility index (Phi) is 5.54. The van der Waals surface area contributed by atoms with E-state index in [1.165, 1.54) is 32.4 Å². The van der Waals surface area contributed by atoms with Gasteiger partial charge in [-0.25, -0.2) is 9.59 Å². The van der Waals surface area contributed by atoms with E-state index in [1.807, 2.05) is 31.2 Å². The van der Waals surface area contributed by atoms with E-state index in [1.54, 1.807) is 0 Å². The van der Waals surface area contributed by atoms with Crippen molar-refractivity contribution < 1.29 is 19.1 Å². The second kappa shape index (κ2) is 7.16. The molecule has 0 spiro atoms. The van der Waals surface area contributed by atoms with Crippen LogP contribution in [-0.4, -0.2) is 26.2 Å². The smallest absolute Gasteiger partial charge is 0.338 e. The number of hydrogen-bond donors (Lipinski definition) is 0. The summed E-state index contributed by atoms with van der Waals surface area (Å²) in [6.45, 7) is 1.96. The van der Waals surface area contributed by atoms with Crippen molar-refractivity contribution in [3.05, 3.63) is 53.6 Å². The predicted octanol–water partition coefficient (Wildman–Crippen LogP) is 2.28. The number of benzene rings is 1. The van der Waals surface area contributed by atoms with Gasteiger partial charge in [0, 0.05) is 6.08 Å². The normalized spacial score (nSPS) is 11.4. The van der Waals surface area contributed by atoms with Crippen LogP contribution >= 0.6 is 0 Å². The Morgan fingerprint density at radius 3 is 2.21 bits per heavy atom. The lowest BCUT2D eigenvalue weighted by atomic mass is 10.0. The molecular weight excluding hydrogens is 244 g/mol. The van der Waals surface area contributed by atoms with Gasteiger partial charge in [0.2, 0.25) is 0 Å². The van der Waals surface area contributed by atoms with Crippen LogP contribution in [0, 0.1) is 6.92 Å². The van der Waals surface area contributed by atoms with E-state index in [2.05, 4.69) is 4.74 Å². The average Bonchev–Trinajstić information content (AvgIpc) is 2.43. The molecule has 0 aliphatic carbocycles. The number of ether oxygens (including phenoxy) is 2. The van der Waals surface area contributed by atoms with Crippen molar-refractivity contribution in [1.29, 1.82) is 0 Å². The van der Waals surface area contributed by atoms with Crippen LogP contribution < -0.4 is 0 Å². The molecule has 0 fully saturated rings. The highest BCUT2D eigenvalue weighted by Gasteiger charge is 2.10. The van der Waals surface area contributed by atoms with Gasteiger partial charge >= 0.3 is 11.9 Å². The first-order valence-corrected chi connectivity index (χ1v) is 5.70. The maximum absolute atomic E-state index is 11.7. The summed E-state index contributed by atoms with van der Waals surface area (Å²) in [5, 5.41) is 0. The highest BCUT2D eigenvalue weighted by atomic mass is 16.5. The largest absolute Gasteiger partial charge is 0.466 e. The van der Waals surface area contributed by atoms with Gasteiger partial charge < -0.3 is 9.47 Å². The number of allylic oxidation sites excluding steroid dienone is 2. The molecule has 0 aliphatic rings. The summed E-state index contributed by atoms with van der Waals surface area (Å²) in [6, 6.07) is 7.44. The van der Waals surface area contributed by atoms with Crippen molar-refractivity contribution in [3.63, 3.8) is 0 Å². The topological polar surface area (TPSA) is 52.6 Å². The van der Waals surface area contributed by atoms with Crippen molar-refractivity contribution in [2.75, 3.05) is 14.2 Å². The van der Waals surface area contributed by atoms with Gasteiger partial charge in [-0.3, -0.25) is 0 Å². The Morgan fingerprint density at radius 2 is 1.68 bits per heavy atom. The zero-order valence-electron chi connectivity index (χ0n) is 11.2. The Balaban J connectivity index is 3.05. The Morgan fingerprint density at radius 1 is 1.05 bits per heavy atom. The molecule has 0 bridgehead atoms. The summed E-state index contributed by atoms with van der Waals surface area (Å²) in [6.07, 6.45) is 4.21. The second-order valence-electron chi connectivity index (χ2n) is 3.82. The number of aryl methyl sites for hydroxylation is 1. The third-order valence-corrected chi connectivity index (χ3v) is 2.46. The van der Waals surface area contributed by atoms with Crippen LogP contribution in [0.4, 0.5) is 0 Å². The van der Waals surface area contributed by atoms with Crippen LogP contribution in [0.5, 0.6) is 0 Å². The molecule has 0 atom stereocenters. The molecule has 1 aromatic rings. The van der Waals surface area contributed by atoms with E-state index in [9.17, 15) is 9.59 Å². The molecule has 100 valence electrons. The molecule has 1 aromatic carbocycles. The monoisotopic (exact) mass is 260 g/mol. The van der Waals surface area contributed by atoms with Crippen LogP contribution in [0.25, 0.3) is 5.57 Å². The van der Waals surface area contributed by atoms with Crippen LogP contribution in [0.15, 0.2) is 42.5 Å². The van der Waals surface area contributed by atoms with Crippen LogP contribution in [0.2, 0.25) is 0 Å². The van der Waals surface area contributed by atoms with E-state index < -0.39 is 11.9 Å². The van der Waals surface area contributed by atoms with Gasteiger partial charge in [0.1, 0.15) is 0 Å². The maximum Gasteiger partial charge on any atom is 0.338 e. The fraction of sp³-hybridized carbons (Fsp3) is 0.200. The van der Waals surface area contributed by atoms with Crippen molar-refractivity contribution >= 4 is 17.5 Å². The fourth-order valence-electron chi connectivity index (χ4n) is 1.42.